The van der Waals surface area contributed by atoms with Crippen molar-refractivity contribution in [1.82, 2.24) is 15.4 Å². The number of nitrogens with zero attached hydrogens (tertiary/aromatic N) is 2. The lowest BCUT2D eigenvalue weighted by Crippen LogP contribution is -2.44. The van der Waals surface area contributed by atoms with Crippen molar-refractivity contribution in [1.29, 1.82) is 0 Å². The molecule has 26 heavy (non-hydrogen) atoms. The number of hydrogen-bond donors (Lipinski definition) is 1. The summed E-state index contributed by atoms with van der Waals surface area (Å²) in [5, 5.41) is 7.19. The molecule has 0 bridgehead atoms. The lowest BCUT2D eigenvalue weighted by Gasteiger charge is -2.32. The molecule has 3 rings (SSSR count). The Balaban J connectivity index is 1.47. The van der Waals surface area contributed by atoms with Gasteiger partial charge in [-0.05, 0) is 32.8 Å². The summed E-state index contributed by atoms with van der Waals surface area (Å²) in [7, 11) is 1.63. The molecular formula is C20H27N3O3. The highest BCUT2D eigenvalue weighted by molar-refractivity contribution is 5.79. The molecule has 0 unspecified atom stereocenters. The molecular weight excluding hydrogens is 330 g/mol. The van der Waals surface area contributed by atoms with Crippen LogP contribution >= 0.6 is 0 Å². The van der Waals surface area contributed by atoms with E-state index in [0.717, 1.165) is 55.2 Å². The number of methoxy groups -OCH3 is 1. The highest BCUT2D eigenvalue weighted by Crippen LogP contribution is 2.20. The first-order valence-corrected chi connectivity index (χ1v) is 9.12. The van der Waals surface area contributed by atoms with E-state index in [-0.39, 0.29) is 11.9 Å². The lowest BCUT2D eigenvalue weighted by molar-refractivity contribution is -0.121. The number of ether oxygens (including phenoxy) is 1. The number of benzene rings is 1. The van der Waals surface area contributed by atoms with Gasteiger partial charge in [0.1, 0.15) is 11.5 Å². The number of rotatable bonds is 6. The summed E-state index contributed by atoms with van der Waals surface area (Å²) >= 11 is 0. The number of carbonyl (C=O) groups is 1. The van der Waals surface area contributed by atoms with Crippen molar-refractivity contribution in [2.24, 2.45) is 0 Å². The molecule has 1 N–H and O–H groups in total. The van der Waals surface area contributed by atoms with E-state index >= 15 is 0 Å². The third-order valence-electron chi connectivity index (χ3n) is 5.06. The third kappa shape index (κ3) is 4.43. The number of nitrogens with one attached hydrogen (secondary N) is 1. The first-order valence-electron chi connectivity index (χ1n) is 9.12. The molecule has 0 atom stereocenters. The molecule has 6 heteroatoms. The largest absolute Gasteiger partial charge is 0.496 e. The molecule has 0 saturated carbocycles. The molecule has 6 nitrogen and oxygen atoms in total. The van der Waals surface area contributed by atoms with Crippen molar-refractivity contribution in [3.05, 3.63) is 46.8 Å². The van der Waals surface area contributed by atoms with Crippen LogP contribution in [0.1, 0.15) is 35.4 Å². The third-order valence-corrected chi connectivity index (χ3v) is 5.06. The smallest absolute Gasteiger partial charge is 0.224 e. The summed E-state index contributed by atoms with van der Waals surface area (Å²) in [6.45, 7) is 6.73. The standard InChI is InChI=1S/C20H27N3O3/c1-14-18(15(2)26-22-14)13-23-10-8-17(9-11-23)21-20(24)12-16-6-4-5-7-19(16)25-3/h4-7,17H,8-13H2,1-3H3,(H,21,24). The summed E-state index contributed by atoms with van der Waals surface area (Å²) in [5.74, 6) is 1.71. The Labute approximate surface area is 154 Å². The van der Waals surface area contributed by atoms with E-state index in [0.29, 0.717) is 6.42 Å². The maximum Gasteiger partial charge on any atom is 0.224 e. The molecule has 1 aromatic carbocycles. The fourth-order valence-corrected chi connectivity index (χ4v) is 3.49. The molecule has 0 aliphatic carbocycles. The molecule has 1 amide bonds. The van der Waals surface area contributed by atoms with Gasteiger partial charge in [0, 0.05) is 36.8 Å². The van der Waals surface area contributed by atoms with Crippen molar-refractivity contribution in [2.45, 2.75) is 45.7 Å². The minimum absolute atomic E-state index is 0.0543. The summed E-state index contributed by atoms with van der Waals surface area (Å²) in [4.78, 5) is 14.8. The van der Waals surface area contributed by atoms with E-state index in [4.69, 9.17) is 9.26 Å². The van der Waals surface area contributed by atoms with Gasteiger partial charge < -0.3 is 14.6 Å². The first-order chi connectivity index (χ1) is 12.6. The molecule has 0 radical (unpaired) electrons. The topological polar surface area (TPSA) is 67.6 Å². The second-order valence-electron chi connectivity index (χ2n) is 6.91. The van der Waals surface area contributed by atoms with Gasteiger partial charge >= 0.3 is 0 Å². The van der Waals surface area contributed by atoms with Crippen LogP contribution in [0.3, 0.4) is 0 Å². The van der Waals surface area contributed by atoms with Crippen molar-refractivity contribution in [3.8, 4) is 5.75 Å². The van der Waals surface area contributed by atoms with Crippen molar-refractivity contribution in [2.75, 3.05) is 20.2 Å². The average Bonchev–Trinajstić information content (AvgIpc) is 2.95. The van der Waals surface area contributed by atoms with Crippen LogP contribution in [0.25, 0.3) is 0 Å². The Kier molecular flexibility index (Phi) is 5.93. The Morgan fingerprint density at radius 3 is 2.69 bits per heavy atom. The number of amides is 1. The highest BCUT2D eigenvalue weighted by atomic mass is 16.5. The second-order valence-corrected chi connectivity index (χ2v) is 6.91. The molecule has 1 aromatic heterocycles. The molecule has 1 fully saturated rings. The fourth-order valence-electron chi connectivity index (χ4n) is 3.49. The predicted molar refractivity (Wildman–Crippen MR) is 99.1 cm³/mol. The van der Waals surface area contributed by atoms with Gasteiger partial charge in [-0.3, -0.25) is 9.69 Å². The molecule has 1 saturated heterocycles. The van der Waals surface area contributed by atoms with E-state index in [9.17, 15) is 4.79 Å². The first kappa shape index (κ1) is 18.5. The molecule has 0 spiro atoms. The van der Waals surface area contributed by atoms with E-state index < -0.39 is 0 Å². The van der Waals surface area contributed by atoms with Gasteiger partial charge in [0.2, 0.25) is 5.91 Å². The van der Waals surface area contributed by atoms with Gasteiger partial charge in [0.25, 0.3) is 0 Å². The van der Waals surface area contributed by atoms with Gasteiger partial charge in [0.15, 0.2) is 0 Å². The van der Waals surface area contributed by atoms with E-state index in [1.165, 1.54) is 5.56 Å². The number of aryl methyl sites for hydroxylation is 2. The predicted octanol–water partition coefficient (Wildman–Crippen LogP) is 2.62. The molecule has 1 aliphatic rings. The zero-order valence-corrected chi connectivity index (χ0v) is 15.7. The molecule has 2 aromatic rings. The number of hydrogen-bond acceptors (Lipinski definition) is 5. The zero-order chi connectivity index (χ0) is 18.5. The quantitative estimate of drug-likeness (QED) is 0.861. The number of likely N-dealkylation sites (tertiary alicyclic amines) is 1. The normalized spacial score (nSPS) is 15.8. The van der Waals surface area contributed by atoms with E-state index in [1.54, 1.807) is 7.11 Å². The highest BCUT2D eigenvalue weighted by Gasteiger charge is 2.23. The summed E-state index contributed by atoms with van der Waals surface area (Å²) in [5.41, 5.74) is 3.07. The summed E-state index contributed by atoms with van der Waals surface area (Å²) in [6, 6.07) is 7.89. The van der Waals surface area contributed by atoms with Crippen molar-refractivity contribution in [3.63, 3.8) is 0 Å². The maximum absolute atomic E-state index is 12.4. The van der Waals surface area contributed by atoms with Gasteiger partial charge in [0.05, 0.1) is 19.2 Å². The van der Waals surface area contributed by atoms with Crippen LogP contribution in [-0.2, 0) is 17.8 Å². The maximum atomic E-state index is 12.4. The summed E-state index contributed by atoms with van der Waals surface area (Å²) < 4.78 is 10.6. The van der Waals surface area contributed by atoms with Gasteiger partial charge in [-0.1, -0.05) is 23.4 Å². The van der Waals surface area contributed by atoms with Crippen molar-refractivity contribution >= 4 is 5.91 Å². The van der Waals surface area contributed by atoms with Gasteiger partial charge in [-0.2, -0.15) is 0 Å². The molecule has 1 aliphatic heterocycles. The van der Waals surface area contributed by atoms with Crippen LogP contribution in [0.2, 0.25) is 0 Å². The molecule has 2 heterocycles. The lowest BCUT2D eigenvalue weighted by atomic mass is 10.0. The number of aromatic nitrogens is 1. The Morgan fingerprint density at radius 2 is 2.04 bits per heavy atom. The van der Waals surface area contributed by atoms with Crippen LogP contribution in [0, 0.1) is 13.8 Å². The van der Waals surface area contributed by atoms with E-state index in [2.05, 4.69) is 15.4 Å². The fraction of sp³-hybridized carbons (Fsp3) is 0.500. The Hall–Kier alpha value is -2.34. The zero-order valence-electron chi connectivity index (χ0n) is 15.7. The number of piperidine rings is 1. The molecule has 140 valence electrons. The Bertz CT molecular complexity index is 729. The minimum atomic E-state index is 0.0543. The number of carbonyl (C=O) groups excluding carboxylic acids is 1. The SMILES string of the molecule is COc1ccccc1CC(=O)NC1CCN(Cc2c(C)noc2C)CC1. The summed E-state index contributed by atoms with van der Waals surface area (Å²) in [6.07, 6.45) is 2.27. The second kappa shape index (κ2) is 8.36. The average molecular weight is 357 g/mol. The van der Waals surface area contributed by atoms with Crippen LogP contribution in [-0.4, -0.2) is 42.2 Å². The monoisotopic (exact) mass is 357 g/mol. The minimum Gasteiger partial charge on any atom is -0.496 e. The van der Waals surface area contributed by atoms with Gasteiger partial charge in [-0.25, -0.2) is 0 Å². The van der Waals surface area contributed by atoms with Gasteiger partial charge in [-0.15, -0.1) is 0 Å². The van der Waals surface area contributed by atoms with Crippen molar-refractivity contribution < 1.29 is 14.1 Å². The van der Waals surface area contributed by atoms with E-state index in [1.807, 2.05) is 38.1 Å². The Morgan fingerprint density at radius 1 is 1.31 bits per heavy atom. The number of para-hydroxylation sites is 1. The van der Waals surface area contributed by atoms with Crippen LogP contribution < -0.4 is 10.1 Å². The van der Waals surface area contributed by atoms with Crippen LogP contribution in [0.5, 0.6) is 5.75 Å². The van der Waals surface area contributed by atoms with Crippen LogP contribution in [0.15, 0.2) is 28.8 Å². The van der Waals surface area contributed by atoms with Crippen LogP contribution in [0.4, 0.5) is 0 Å².